The van der Waals surface area contributed by atoms with Crippen LogP contribution >= 0.6 is 0 Å². The summed E-state index contributed by atoms with van der Waals surface area (Å²) in [5.74, 6) is -1.10. The summed E-state index contributed by atoms with van der Waals surface area (Å²) in [5, 5.41) is 19.5. The third-order valence-corrected chi connectivity index (χ3v) is 3.38. The van der Waals surface area contributed by atoms with Gasteiger partial charge in [-0.25, -0.2) is 4.39 Å². The van der Waals surface area contributed by atoms with Crippen LogP contribution in [0.5, 0.6) is 5.75 Å². The lowest BCUT2D eigenvalue weighted by Gasteiger charge is -2.36. The molecule has 0 saturated carbocycles. The number of phenols is 1. The zero-order valence-electron chi connectivity index (χ0n) is 10.9. The van der Waals surface area contributed by atoms with E-state index >= 15 is 0 Å². The van der Waals surface area contributed by atoms with Gasteiger partial charge in [0.15, 0.2) is 5.78 Å². The van der Waals surface area contributed by atoms with Crippen LogP contribution in [0.2, 0.25) is 0 Å². The molecule has 0 amide bonds. The number of hydrogen-bond acceptors (Lipinski definition) is 4. The number of benzene rings is 1. The van der Waals surface area contributed by atoms with Crippen molar-refractivity contribution in [2.75, 3.05) is 19.6 Å². The molecule has 0 bridgehead atoms. The average Bonchev–Trinajstić information content (AvgIpc) is 2.31. The van der Waals surface area contributed by atoms with E-state index in [1.807, 2.05) is 4.90 Å². The lowest BCUT2D eigenvalue weighted by Crippen LogP contribution is -2.47. The lowest BCUT2D eigenvalue weighted by atomic mass is 9.95. The highest BCUT2D eigenvalue weighted by Gasteiger charge is 2.29. The van der Waals surface area contributed by atoms with Gasteiger partial charge in [-0.1, -0.05) is 0 Å². The molecule has 0 aliphatic carbocycles. The number of carbonyl (C=O) groups is 1. The summed E-state index contributed by atoms with van der Waals surface area (Å²) in [7, 11) is 0. The molecule has 5 heteroatoms. The van der Waals surface area contributed by atoms with Gasteiger partial charge in [0.1, 0.15) is 11.6 Å². The molecule has 1 heterocycles. The highest BCUT2D eigenvalue weighted by atomic mass is 19.1. The number of β-amino-alcohol motifs (C(OH)–C–C–N with tert-alkyl or cyclic N) is 1. The van der Waals surface area contributed by atoms with Gasteiger partial charge < -0.3 is 10.2 Å². The maximum Gasteiger partial charge on any atom is 0.180 e. The molecular weight excluding hydrogens is 249 g/mol. The molecule has 1 unspecified atom stereocenters. The Morgan fingerprint density at radius 1 is 1.53 bits per heavy atom. The molecule has 1 aromatic carbocycles. The van der Waals surface area contributed by atoms with Crippen LogP contribution in [-0.2, 0) is 0 Å². The summed E-state index contributed by atoms with van der Waals surface area (Å²) < 4.78 is 13.1. The molecule has 2 rings (SSSR count). The molecule has 4 nitrogen and oxygen atoms in total. The van der Waals surface area contributed by atoms with Crippen LogP contribution < -0.4 is 0 Å². The van der Waals surface area contributed by atoms with Crippen LogP contribution in [0.1, 0.15) is 30.1 Å². The highest BCUT2D eigenvalue weighted by molar-refractivity contribution is 6.00. The molecule has 0 aromatic heterocycles. The number of nitrogens with zero attached hydrogens (tertiary/aromatic N) is 1. The summed E-state index contributed by atoms with van der Waals surface area (Å²) in [6.45, 7) is 2.95. The van der Waals surface area contributed by atoms with Crippen molar-refractivity contribution >= 4 is 5.78 Å². The third kappa shape index (κ3) is 3.52. The van der Waals surface area contributed by atoms with E-state index in [1.165, 1.54) is 6.07 Å². The molecule has 19 heavy (non-hydrogen) atoms. The SMILES string of the molecule is CC1(O)CCCN(CC(=O)c2cc(F)ccc2O)C1. The van der Waals surface area contributed by atoms with Gasteiger partial charge in [0.25, 0.3) is 0 Å². The Bertz CT molecular complexity index is 488. The zero-order chi connectivity index (χ0) is 14.0. The van der Waals surface area contributed by atoms with Crippen LogP contribution in [-0.4, -0.2) is 46.1 Å². The van der Waals surface area contributed by atoms with Crippen molar-refractivity contribution in [3.8, 4) is 5.75 Å². The molecule has 1 atom stereocenters. The number of carbonyl (C=O) groups excluding carboxylic acids is 1. The van der Waals surface area contributed by atoms with E-state index < -0.39 is 11.4 Å². The number of likely N-dealkylation sites (tertiary alicyclic amines) is 1. The second-order valence-corrected chi connectivity index (χ2v) is 5.40. The first-order valence-electron chi connectivity index (χ1n) is 6.34. The van der Waals surface area contributed by atoms with E-state index in [-0.39, 0.29) is 23.6 Å². The second kappa shape index (κ2) is 5.27. The summed E-state index contributed by atoms with van der Waals surface area (Å²) >= 11 is 0. The van der Waals surface area contributed by atoms with Crippen LogP contribution in [0.15, 0.2) is 18.2 Å². The first kappa shape index (κ1) is 14.0. The average molecular weight is 267 g/mol. The van der Waals surface area contributed by atoms with E-state index in [0.29, 0.717) is 13.0 Å². The minimum Gasteiger partial charge on any atom is -0.507 e. The largest absolute Gasteiger partial charge is 0.507 e. The fourth-order valence-electron chi connectivity index (χ4n) is 2.48. The molecule has 1 fully saturated rings. The number of halogens is 1. The highest BCUT2D eigenvalue weighted by Crippen LogP contribution is 2.22. The van der Waals surface area contributed by atoms with Crippen molar-refractivity contribution in [2.45, 2.75) is 25.4 Å². The molecule has 1 aliphatic rings. The van der Waals surface area contributed by atoms with E-state index in [4.69, 9.17) is 0 Å². The third-order valence-electron chi connectivity index (χ3n) is 3.38. The Morgan fingerprint density at radius 2 is 2.26 bits per heavy atom. The smallest absolute Gasteiger partial charge is 0.180 e. The number of hydrogen-bond donors (Lipinski definition) is 2. The van der Waals surface area contributed by atoms with Crippen LogP contribution in [0.4, 0.5) is 4.39 Å². The van der Waals surface area contributed by atoms with Gasteiger partial charge in [-0.15, -0.1) is 0 Å². The van der Waals surface area contributed by atoms with E-state index in [2.05, 4.69) is 0 Å². The minimum atomic E-state index is -0.789. The number of phenolic OH excluding ortho intramolecular Hbond substituents is 1. The van der Waals surface area contributed by atoms with E-state index in [0.717, 1.165) is 25.1 Å². The number of Topliss-reactive ketones (excluding diaryl/α,β-unsaturated/α-hetero) is 1. The van der Waals surface area contributed by atoms with Gasteiger partial charge >= 0.3 is 0 Å². The van der Waals surface area contributed by atoms with Crippen LogP contribution in [0.3, 0.4) is 0 Å². The van der Waals surface area contributed by atoms with Crippen LogP contribution in [0, 0.1) is 5.82 Å². The van der Waals surface area contributed by atoms with Gasteiger partial charge in [0, 0.05) is 6.54 Å². The van der Waals surface area contributed by atoms with Gasteiger partial charge in [0.2, 0.25) is 0 Å². The number of piperidine rings is 1. The van der Waals surface area contributed by atoms with Crippen molar-refractivity contribution in [3.05, 3.63) is 29.6 Å². The lowest BCUT2D eigenvalue weighted by molar-refractivity contribution is -0.0133. The summed E-state index contributed by atoms with van der Waals surface area (Å²) in [6.07, 6.45) is 1.53. The van der Waals surface area contributed by atoms with E-state index in [9.17, 15) is 19.4 Å². The van der Waals surface area contributed by atoms with Crippen LogP contribution in [0.25, 0.3) is 0 Å². The Hall–Kier alpha value is -1.46. The number of ketones is 1. The number of aromatic hydroxyl groups is 1. The van der Waals surface area contributed by atoms with Crippen molar-refractivity contribution in [2.24, 2.45) is 0 Å². The predicted molar refractivity (Wildman–Crippen MR) is 68.7 cm³/mol. The number of aliphatic hydroxyl groups is 1. The maximum atomic E-state index is 13.1. The molecule has 1 aromatic rings. The second-order valence-electron chi connectivity index (χ2n) is 5.40. The minimum absolute atomic E-state index is 0.00906. The zero-order valence-corrected chi connectivity index (χ0v) is 10.9. The van der Waals surface area contributed by atoms with Gasteiger partial charge in [0.05, 0.1) is 17.7 Å². The van der Waals surface area contributed by atoms with Crippen molar-refractivity contribution in [3.63, 3.8) is 0 Å². The monoisotopic (exact) mass is 267 g/mol. The summed E-state index contributed by atoms with van der Waals surface area (Å²) in [5.41, 5.74) is -0.798. The quantitative estimate of drug-likeness (QED) is 0.816. The number of rotatable bonds is 3. The Kier molecular flexibility index (Phi) is 3.87. The molecular formula is C14H18FNO3. The van der Waals surface area contributed by atoms with E-state index in [1.54, 1.807) is 6.92 Å². The van der Waals surface area contributed by atoms with Crippen molar-refractivity contribution in [1.82, 2.24) is 4.90 Å². The maximum absolute atomic E-state index is 13.1. The normalized spacial score (nSPS) is 24.4. The predicted octanol–water partition coefficient (Wildman–Crippen LogP) is 1.56. The summed E-state index contributed by atoms with van der Waals surface area (Å²) in [4.78, 5) is 13.9. The fourth-order valence-corrected chi connectivity index (χ4v) is 2.48. The Labute approximate surface area is 111 Å². The molecule has 0 radical (unpaired) electrons. The molecule has 1 aliphatic heterocycles. The first-order valence-corrected chi connectivity index (χ1v) is 6.34. The summed E-state index contributed by atoms with van der Waals surface area (Å²) in [6, 6.07) is 3.33. The van der Waals surface area contributed by atoms with Crippen molar-refractivity contribution in [1.29, 1.82) is 0 Å². The molecule has 1 saturated heterocycles. The fraction of sp³-hybridized carbons (Fsp3) is 0.500. The Balaban J connectivity index is 2.06. The van der Waals surface area contributed by atoms with Crippen molar-refractivity contribution < 1.29 is 19.4 Å². The Morgan fingerprint density at radius 3 is 2.95 bits per heavy atom. The molecule has 0 spiro atoms. The van der Waals surface area contributed by atoms with Gasteiger partial charge in [-0.05, 0) is 44.5 Å². The standard InChI is InChI=1S/C14H18FNO3/c1-14(19)5-2-6-16(9-14)8-13(18)11-7-10(15)3-4-12(11)17/h3-4,7,17,19H,2,5-6,8-9H2,1H3. The van der Waals surface area contributed by atoms with Gasteiger partial charge in [-0.3, -0.25) is 9.69 Å². The van der Waals surface area contributed by atoms with Gasteiger partial charge in [-0.2, -0.15) is 0 Å². The topological polar surface area (TPSA) is 60.8 Å². The first-order chi connectivity index (χ1) is 8.87. The molecule has 104 valence electrons. The molecule has 2 N–H and O–H groups in total.